The van der Waals surface area contributed by atoms with Crippen molar-refractivity contribution in [1.82, 2.24) is 5.32 Å². The van der Waals surface area contributed by atoms with Gasteiger partial charge < -0.3 is 25.4 Å². The molecule has 0 aliphatic carbocycles. The number of nitrogens with one attached hydrogen (secondary N) is 1. The number of rotatable bonds is 8. The monoisotopic (exact) mass is 283 g/mol. The summed E-state index contributed by atoms with van der Waals surface area (Å²) in [6.07, 6.45) is 0.0914. The fourth-order valence-electron chi connectivity index (χ4n) is 1.66. The number of benzene rings is 1. The average Bonchev–Trinajstić information content (AvgIpc) is 2.47. The summed E-state index contributed by atoms with van der Waals surface area (Å²) in [5.41, 5.74) is -0.615. The topological polar surface area (TPSA) is 99.0 Å². The van der Waals surface area contributed by atoms with Crippen LogP contribution in [0.1, 0.15) is 12.5 Å². The minimum absolute atomic E-state index is 0.0914. The van der Waals surface area contributed by atoms with Crippen LogP contribution in [0.2, 0.25) is 0 Å². The van der Waals surface area contributed by atoms with Crippen molar-refractivity contribution in [1.29, 1.82) is 0 Å². The summed E-state index contributed by atoms with van der Waals surface area (Å²) in [4.78, 5) is 11.8. The van der Waals surface area contributed by atoms with Gasteiger partial charge in [-0.15, -0.1) is 0 Å². The number of aliphatic hydroxyl groups is 3. The highest BCUT2D eigenvalue weighted by Crippen LogP contribution is 2.13. The highest BCUT2D eigenvalue weighted by Gasteiger charge is 2.29. The molecular formula is C14H21NO5. The number of ether oxygens (including phenoxy) is 1. The highest BCUT2D eigenvalue weighted by molar-refractivity contribution is 5.79. The Hall–Kier alpha value is -1.63. The number of carbonyl (C=O) groups excluding carboxylic acids is 1. The summed E-state index contributed by atoms with van der Waals surface area (Å²) in [6.45, 7) is 0.866. The summed E-state index contributed by atoms with van der Waals surface area (Å²) in [5, 5.41) is 29.9. The van der Waals surface area contributed by atoms with Crippen molar-refractivity contribution in [2.24, 2.45) is 0 Å². The van der Waals surface area contributed by atoms with Crippen molar-refractivity contribution in [3.63, 3.8) is 0 Å². The minimum Gasteiger partial charge on any atom is -0.494 e. The Balaban J connectivity index is 2.61. The number of amides is 1. The third kappa shape index (κ3) is 4.48. The number of hydrogen-bond donors (Lipinski definition) is 4. The fraction of sp³-hybridized carbons (Fsp3) is 0.500. The van der Waals surface area contributed by atoms with E-state index >= 15 is 0 Å². The lowest BCUT2D eigenvalue weighted by Crippen LogP contribution is -2.57. The molecule has 0 spiro atoms. The van der Waals surface area contributed by atoms with Gasteiger partial charge in [0.2, 0.25) is 5.91 Å². The highest BCUT2D eigenvalue weighted by atomic mass is 16.5. The second-order valence-electron chi connectivity index (χ2n) is 4.56. The van der Waals surface area contributed by atoms with Gasteiger partial charge in [-0.2, -0.15) is 0 Å². The van der Waals surface area contributed by atoms with Crippen LogP contribution < -0.4 is 10.1 Å². The van der Waals surface area contributed by atoms with Crippen molar-refractivity contribution in [3.05, 3.63) is 29.8 Å². The molecule has 1 amide bonds. The van der Waals surface area contributed by atoms with E-state index in [1.54, 1.807) is 24.3 Å². The SMILES string of the molecule is CCOc1ccc(CC(=O)NC(CO)(CO)CO)cc1. The van der Waals surface area contributed by atoms with Gasteiger partial charge in [-0.25, -0.2) is 0 Å². The Bertz CT molecular complexity index is 406. The number of hydrogen-bond acceptors (Lipinski definition) is 5. The molecule has 1 aromatic rings. The molecule has 6 nitrogen and oxygen atoms in total. The van der Waals surface area contributed by atoms with Crippen LogP contribution in [-0.2, 0) is 11.2 Å². The molecule has 0 heterocycles. The predicted molar refractivity (Wildman–Crippen MR) is 73.4 cm³/mol. The standard InChI is InChI=1S/C14H21NO5/c1-2-20-12-5-3-11(4-6-12)7-13(19)15-14(8-16,9-17)10-18/h3-6,16-18H,2,7-10H2,1H3,(H,15,19). The van der Waals surface area contributed by atoms with Crippen molar-refractivity contribution in [2.45, 2.75) is 18.9 Å². The van der Waals surface area contributed by atoms with Crippen LogP contribution in [0.3, 0.4) is 0 Å². The van der Waals surface area contributed by atoms with E-state index in [1.807, 2.05) is 6.92 Å². The summed E-state index contributed by atoms with van der Waals surface area (Å²) in [6, 6.07) is 7.07. The molecule has 0 radical (unpaired) electrons. The number of aliphatic hydroxyl groups excluding tert-OH is 3. The zero-order chi connectivity index (χ0) is 15.0. The van der Waals surface area contributed by atoms with E-state index in [0.29, 0.717) is 6.61 Å². The van der Waals surface area contributed by atoms with Crippen molar-refractivity contribution in [3.8, 4) is 5.75 Å². The van der Waals surface area contributed by atoms with Crippen LogP contribution in [-0.4, -0.2) is 53.2 Å². The zero-order valence-electron chi connectivity index (χ0n) is 11.5. The van der Waals surface area contributed by atoms with E-state index in [4.69, 9.17) is 20.1 Å². The Morgan fingerprint density at radius 3 is 2.15 bits per heavy atom. The number of carbonyl (C=O) groups is 1. The molecule has 112 valence electrons. The molecule has 0 saturated carbocycles. The fourth-order valence-corrected chi connectivity index (χ4v) is 1.66. The molecule has 0 aromatic heterocycles. The molecule has 1 rings (SSSR count). The molecule has 0 atom stereocenters. The molecule has 1 aromatic carbocycles. The largest absolute Gasteiger partial charge is 0.494 e. The van der Waals surface area contributed by atoms with Crippen LogP contribution in [0.15, 0.2) is 24.3 Å². The van der Waals surface area contributed by atoms with E-state index in [0.717, 1.165) is 11.3 Å². The summed E-state index contributed by atoms with van der Waals surface area (Å²) >= 11 is 0. The van der Waals surface area contributed by atoms with Crippen molar-refractivity contribution in [2.75, 3.05) is 26.4 Å². The van der Waals surface area contributed by atoms with E-state index in [1.165, 1.54) is 0 Å². The minimum atomic E-state index is -1.39. The van der Waals surface area contributed by atoms with E-state index in [9.17, 15) is 4.79 Å². The molecule has 6 heteroatoms. The van der Waals surface area contributed by atoms with E-state index < -0.39 is 25.4 Å². The maximum absolute atomic E-state index is 11.8. The third-order valence-electron chi connectivity index (χ3n) is 2.91. The second-order valence-corrected chi connectivity index (χ2v) is 4.56. The lowest BCUT2D eigenvalue weighted by atomic mass is 10.0. The summed E-state index contributed by atoms with van der Waals surface area (Å²) < 4.78 is 5.30. The van der Waals surface area contributed by atoms with Gasteiger partial charge in [-0.3, -0.25) is 4.79 Å². The van der Waals surface area contributed by atoms with Gasteiger partial charge in [-0.05, 0) is 24.6 Å². The summed E-state index contributed by atoms with van der Waals surface area (Å²) in [7, 11) is 0. The normalized spacial score (nSPS) is 11.2. The van der Waals surface area contributed by atoms with E-state index in [-0.39, 0.29) is 12.3 Å². The Morgan fingerprint density at radius 2 is 1.70 bits per heavy atom. The smallest absolute Gasteiger partial charge is 0.225 e. The first-order valence-electron chi connectivity index (χ1n) is 6.44. The summed E-state index contributed by atoms with van der Waals surface area (Å²) in [5.74, 6) is 0.346. The molecular weight excluding hydrogens is 262 g/mol. The van der Waals surface area contributed by atoms with Crippen LogP contribution in [0.5, 0.6) is 5.75 Å². The first kappa shape index (κ1) is 16.4. The van der Waals surface area contributed by atoms with Crippen LogP contribution >= 0.6 is 0 Å². The van der Waals surface area contributed by atoms with Gasteiger partial charge in [0, 0.05) is 0 Å². The van der Waals surface area contributed by atoms with Crippen LogP contribution in [0.4, 0.5) is 0 Å². The third-order valence-corrected chi connectivity index (χ3v) is 2.91. The van der Waals surface area contributed by atoms with Gasteiger partial charge in [0.25, 0.3) is 0 Å². The predicted octanol–water partition coefficient (Wildman–Crippen LogP) is -0.540. The Kier molecular flexibility index (Phi) is 6.44. The first-order chi connectivity index (χ1) is 9.59. The molecule has 4 N–H and O–H groups in total. The zero-order valence-corrected chi connectivity index (χ0v) is 11.5. The van der Waals surface area contributed by atoms with Gasteiger partial charge in [-0.1, -0.05) is 12.1 Å². The second kappa shape index (κ2) is 7.84. The lowest BCUT2D eigenvalue weighted by molar-refractivity contribution is -0.124. The average molecular weight is 283 g/mol. The molecule has 0 aliphatic rings. The van der Waals surface area contributed by atoms with Gasteiger partial charge in [0.05, 0.1) is 32.8 Å². The van der Waals surface area contributed by atoms with Crippen LogP contribution in [0.25, 0.3) is 0 Å². The molecule has 0 saturated heterocycles. The molecule has 0 unspecified atom stereocenters. The van der Waals surface area contributed by atoms with Crippen LogP contribution in [0, 0.1) is 0 Å². The van der Waals surface area contributed by atoms with Crippen molar-refractivity contribution >= 4 is 5.91 Å². The lowest BCUT2D eigenvalue weighted by Gasteiger charge is -2.28. The molecule has 20 heavy (non-hydrogen) atoms. The van der Waals surface area contributed by atoms with Gasteiger partial charge in [0.15, 0.2) is 0 Å². The maximum Gasteiger partial charge on any atom is 0.225 e. The quantitative estimate of drug-likeness (QED) is 0.513. The van der Waals surface area contributed by atoms with Crippen molar-refractivity contribution < 1.29 is 24.9 Å². The van der Waals surface area contributed by atoms with Gasteiger partial charge in [0.1, 0.15) is 11.3 Å². The molecule has 0 bridgehead atoms. The molecule has 0 fully saturated rings. The first-order valence-corrected chi connectivity index (χ1v) is 6.44. The molecule has 0 aliphatic heterocycles. The van der Waals surface area contributed by atoms with E-state index in [2.05, 4.69) is 5.32 Å². The maximum atomic E-state index is 11.8. The Labute approximate surface area is 118 Å². The van der Waals surface area contributed by atoms with Gasteiger partial charge >= 0.3 is 0 Å². The Morgan fingerprint density at radius 1 is 1.15 bits per heavy atom.